The molecule has 0 fully saturated rings. The van der Waals surface area contributed by atoms with Crippen LogP contribution in [0.3, 0.4) is 0 Å². The lowest BCUT2D eigenvalue weighted by Crippen LogP contribution is -2.06. The van der Waals surface area contributed by atoms with Crippen molar-refractivity contribution in [3.8, 4) is 28.7 Å². The summed E-state index contributed by atoms with van der Waals surface area (Å²) in [6.45, 7) is 0. The minimum Gasteiger partial charge on any atom is -0.452 e. The first-order valence-electron chi connectivity index (χ1n) is 13.8. The molecule has 6 nitrogen and oxygen atoms in total. The van der Waals surface area contributed by atoms with Crippen LogP contribution in [0.5, 0.6) is 0 Å². The predicted molar refractivity (Wildman–Crippen MR) is 168 cm³/mol. The summed E-state index contributed by atoms with van der Waals surface area (Å²) in [5.41, 5.74) is 6.15. The Labute approximate surface area is 239 Å². The predicted octanol–water partition coefficient (Wildman–Crippen LogP) is 8.75. The number of hydrogen-bond acceptors (Lipinski definition) is 5. The molecule has 196 valence electrons. The second-order valence-electron chi connectivity index (χ2n) is 10.3. The van der Waals surface area contributed by atoms with E-state index in [9.17, 15) is 0 Å². The third kappa shape index (κ3) is 3.32. The number of para-hydroxylation sites is 1. The number of benzene rings is 5. The Balaban J connectivity index is 1.44. The second kappa shape index (κ2) is 8.81. The summed E-state index contributed by atoms with van der Waals surface area (Å²) < 4.78 is 8.86. The first kappa shape index (κ1) is 22.9. The molecule has 0 atom stereocenters. The van der Waals surface area contributed by atoms with Crippen LogP contribution < -0.4 is 0 Å². The fraction of sp³-hybridized carbons (Fsp3) is 0. The van der Waals surface area contributed by atoms with E-state index in [0.717, 1.165) is 65.8 Å². The van der Waals surface area contributed by atoms with Gasteiger partial charge in [0.1, 0.15) is 11.0 Å². The molecule has 0 saturated heterocycles. The molecule has 0 aliphatic heterocycles. The van der Waals surface area contributed by atoms with E-state index in [4.69, 9.17) is 19.4 Å². The second-order valence-corrected chi connectivity index (χ2v) is 10.3. The highest BCUT2D eigenvalue weighted by Crippen LogP contribution is 2.41. The van der Waals surface area contributed by atoms with E-state index in [1.165, 1.54) is 0 Å². The Morgan fingerprint density at radius 3 is 1.90 bits per heavy atom. The van der Waals surface area contributed by atoms with Crippen LogP contribution in [-0.4, -0.2) is 24.5 Å². The quantitative estimate of drug-likeness (QED) is 0.224. The Bertz CT molecular complexity index is 2400. The van der Waals surface area contributed by atoms with E-state index in [1.807, 2.05) is 79.0 Å². The monoisotopic (exact) mass is 539 g/mol. The molecule has 5 aromatic carbocycles. The Hall–Kier alpha value is -5.88. The van der Waals surface area contributed by atoms with Gasteiger partial charge < -0.3 is 4.42 Å². The zero-order chi connectivity index (χ0) is 27.6. The summed E-state index contributed by atoms with van der Waals surface area (Å²) in [5, 5.41) is 5.26. The van der Waals surface area contributed by atoms with Crippen LogP contribution in [0.1, 0.15) is 0 Å². The van der Waals surface area contributed by atoms with Gasteiger partial charge in [0.2, 0.25) is 5.95 Å². The first-order valence-corrected chi connectivity index (χ1v) is 13.8. The van der Waals surface area contributed by atoms with E-state index >= 15 is 0 Å². The highest BCUT2D eigenvalue weighted by Gasteiger charge is 2.22. The van der Waals surface area contributed by atoms with E-state index < -0.39 is 0 Å². The molecule has 0 bridgehead atoms. The number of rotatable bonds is 3. The van der Waals surface area contributed by atoms with Crippen LogP contribution >= 0.6 is 0 Å². The van der Waals surface area contributed by atoms with Crippen molar-refractivity contribution in [2.24, 2.45) is 0 Å². The zero-order valence-electron chi connectivity index (χ0n) is 22.3. The molecular weight excluding hydrogens is 518 g/mol. The van der Waals surface area contributed by atoms with Crippen LogP contribution in [0.25, 0.3) is 83.4 Å². The third-order valence-corrected chi connectivity index (χ3v) is 7.90. The van der Waals surface area contributed by atoms with Gasteiger partial charge in [0.25, 0.3) is 0 Å². The third-order valence-electron chi connectivity index (χ3n) is 7.90. The molecule has 0 radical (unpaired) electrons. The van der Waals surface area contributed by atoms with Gasteiger partial charge in [-0.05, 0) is 24.3 Å². The average Bonchev–Trinajstić information content (AvgIpc) is 3.62. The van der Waals surface area contributed by atoms with Crippen molar-refractivity contribution in [2.45, 2.75) is 0 Å². The lowest BCUT2D eigenvalue weighted by molar-refractivity contribution is 0.673. The molecule has 0 aliphatic rings. The Kier molecular flexibility index (Phi) is 4.80. The van der Waals surface area contributed by atoms with E-state index in [2.05, 4.69) is 58.1 Å². The number of furan rings is 1. The van der Waals surface area contributed by atoms with Gasteiger partial charge in [0, 0.05) is 44.3 Å². The molecule has 0 aliphatic carbocycles. The molecule has 4 aromatic heterocycles. The Morgan fingerprint density at radius 1 is 0.500 bits per heavy atom. The van der Waals surface area contributed by atoms with Crippen molar-refractivity contribution in [1.29, 1.82) is 0 Å². The molecule has 4 heterocycles. The number of fused-ring (bicyclic) bond motifs is 9. The largest absolute Gasteiger partial charge is 0.452 e. The van der Waals surface area contributed by atoms with Crippen molar-refractivity contribution < 1.29 is 4.42 Å². The van der Waals surface area contributed by atoms with Crippen molar-refractivity contribution in [1.82, 2.24) is 24.5 Å². The lowest BCUT2D eigenvalue weighted by atomic mass is 10.1. The normalized spacial score (nSPS) is 11.8. The summed E-state index contributed by atoms with van der Waals surface area (Å²) in [7, 11) is 0. The van der Waals surface area contributed by atoms with Gasteiger partial charge in [0.05, 0.1) is 5.52 Å². The molecule has 42 heavy (non-hydrogen) atoms. The van der Waals surface area contributed by atoms with Gasteiger partial charge in [-0.2, -0.15) is 9.97 Å². The van der Waals surface area contributed by atoms with Crippen LogP contribution in [0.2, 0.25) is 0 Å². The van der Waals surface area contributed by atoms with Crippen LogP contribution in [0.4, 0.5) is 0 Å². The number of pyridine rings is 1. The first-order chi connectivity index (χ1) is 20.8. The van der Waals surface area contributed by atoms with Gasteiger partial charge in [-0.25, -0.2) is 4.98 Å². The maximum Gasteiger partial charge on any atom is 0.238 e. The summed E-state index contributed by atoms with van der Waals surface area (Å²) in [4.78, 5) is 19.7. The summed E-state index contributed by atoms with van der Waals surface area (Å²) in [6.07, 6.45) is 1.81. The summed E-state index contributed by atoms with van der Waals surface area (Å²) >= 11 is 0. The van der Waals surface area contributed by atoms with Gasteiger partial charge in [0.15, 0.2) is 22.8 Å². The summed E-state index contributed by atoms with van der Waals surface area (Å²) in [5.74, 6) is 1.75. The fourth-order valence-corrected chi connectivity index (χ4v) is 5.98. The molecule has 0 unspecified atom stereocenters. The SMILES string of the molecule is c1ccc(-c2nc(-c3ccccc3)nc(-n3c4ccccc4c4ccc5c6ccc7cccnc7c6oc5c43)n2)cc1. The van der Waals surface area contributed by atoms with Crippen LogP contribution in [0.15, 0.2) is 132 Å². The van der Waals surface area contributed by atoms with Crippen molar-refractivity contribution in [3.05, 3.63) is 128 Å². The van der Waals surface area contributed by atoms with E-state index in [1.54, 1.807) is 0 Å². The van der Waals surface area contributed by atoms with Crippen molar-refractivity contribution in [3.63, 3.8) is 0 Å². The molecular formula is C36H21N5O. The molecule has 0 amide bonds. The molecule has 6 heteroatoms. The van der Waals surface area contributed by atoms with Gasteiger partial charge >= 0.3 is 0 Å². The van der Waals surface area contributed by atoms with Gasteiger partial charge in [-0.15, -0.1) is 0 Å². The minimum absolute atomic E-state index is 0.532. The Morgan fingerprint density at radius 2 is 1.14 bits per heavy atom. The zero-order valence-corrected chi connectivity index (χ0v) is 22.3. The number of nitrogens with zero attached hydrogens (tertiary/aromatic N) is 5. The smallest absolute Gasteiger partial charge is 0.238 e. The molecule has 9 aromatic rings. The van der Waals surface area contributed by atoms with Crippen molar-refractivity contribution in [2.75, 3.05) is 0 Å². The highest BCUT2D eigenvalue weighted by molar-refractivity contribution is 6.23. The molecule has 0 spiro atoms. The summed E-state index contributed by atoms with van der Waals surface area (Å²) in [6, 6.07) is 41.0. The van der Waals surface area contributed by atoms with Gasteiger partial charge in [-0.1, -0.05) is 97.1 Å². The molecule has 9 rings (SSSR count). The molecule has 0 saturated carbocycles. The maximum atomic E-state index is 6.75. The standard InChI is InChI=1S/C36H21N5O/c1-3-10-23(11-4-1)34-38-35(24-12-5-2-6-13-24)40-36(39-34)41-29-16-8-7-15-25(29)26-19-20-28-27-18-17-22-14-9-21-37-30(22)32(27)42-33(28)31(26)41/h1-21H. The minimum atomic E-state index is 0.532. The number of aromatic nitrogens is 5. The van der Waals surface area contributed by atoms with Crippen LogP contribution in [0, 0.1) is 0 Å². The lowest BCUT2D eigenvalue weighted by Gasteiger charge is -2.11. The van der Waals surface area contributed by atoms with E-state index in [-0.39, 0.29) is 0 Å². The topological polar surface area (TPSA) is 69.6 Å². The number of hydrogen-bond donors (Lipinski definition) is 0. The molecule has 0 N–H and O–H groups in total. The maximum absolute atomic E-state index is 6.75. The van der Waals surface area contributed by atoms with Crippen molar-refractivity contribution >= 4 is 54.6 Å². The highest BCUT2D eigenvalue weighted by atomic mass is 16.3. The fourth-order valence-electron chi connectivity index (χ4n) is 5.98. The van der Waals surface area contributed by atoms with Gasteiger partial charge in [-0.3, -0.25) is 9.55 Å². The average molecular weight is 540 g/mol. The van der Waals surface area contributed by atoms with Crippen LogP contribution in [-0.2, 0) is 0 Å². The van der Waals surface area contributed by atoms with E-state index in [0.29, 0.717) is 17.6 Å².